The number of halogens is 1. The van der Waals surface area contributed by atoms with Gasteiger partial charge in [0, 0.05) is 21.9 Å². The third-order valence-electron chi connectivity index (χ3n) is 6.75. The number of amides is 3. The minimum atomic E-state index is -0.722. The van der Waals surface area contributed by atoms with Gasteiger partial charge in [0.1, 0.15) is 17.5 Å². The van der Waals surface area contributed by atoms with Gasteiger partial charge in [-0.1, -0.05) is 68.3 Å². The molecule has 6 nitrogen and oxygen atoms in total. The molecule has 2 aromatic rings. The molecule has 1 saturated heterocycles. The Bertz CT molecular complexity index is 1120. The van der Waals surface area contributed by atoms with Crippen LogP contribution in [0.5, 0.6) is 0 Å². The molecule has 0 aromatic heterocycles. The summed E-state index contributed by atoms with van der Waals surface area (Å²) in [6, 6.07) is 13.4. The van der Waals surface area contributed by atoms with E-state index in [4.69, 9.17) is 11.6 Å². The standard InChI is InChI=1S/C26H30ClN3O3S/c1-5-15(2)20(22(31)28-14-16-10-6-9-13-19(16)27)29-23(32)21-26(3,4)34-25-18-12-8-7-11-17(18)24(33)30(21)25/h6-13,15,20-21,25H,5,14H2,1-4H3,(H,28,31)(H,29,32)/t15-,20+,21-,25-/m1/s1. The Kier molecular flexibility index (Phi) is 6.97. The summed E-state index contributed by atoms with van der Waals surface area (Å²) in [4.78, 5) is 41.7. The van der Waals surface area contributed by atoms with Crippen molar-refractivity contribution in [2.75, 3.05) is 0 Å². The van der Waals surface area contributed by atoms with E-state index in [1.807, 2.05) is 70.2 Å². The fourth-order valence-corrected chi connectivity index (χ4v) is 6.46. The Hall–Kier alpha value is -2.51. The van der Waals surface area contributed by atoms with Gasteiger partial charge in [0.2, 0.25) is 11.8 Å². The molecule has 0 radical (unpaired) electrons. The number of nitrogens with zero attached hydrogens (tertiary/aromatic N) is 1. The predicted molar refractivity (Wildman–Crippen MR) is 135 cm³/mol. The lowest BCUT2D eigenvalue weighted by Crippen LogP contribution is -2.58. The molecule has 2 N–H and O–H groups in total. The summed E-state index contributed by atoms with van der Waals surface area (Å²) in [5, 5.41) is 6.28. The van der Waals surface area contributed by atoms with Crippen molar-refractivity contribution < 1.29 is 14.4 Å². The third kappa shape index (κ3) is 4.43. The van der Waals surface area contributed by atoms with Crippen LogP contribution in [0.1, 0.15) is 61.0 Å². The minimum absolute atomic E-state index is 0.0883. The second-order valence-corrected chi connectivity index (χ2v) is 11.6. The van der Waals surface area contributed by atoms with Gasteiger partial charge in [-0.3, -0.25) is 14.4 Å². The number of thioether (sulfide) groups is 1. The van der Waals surface area contributed by atoms with Gasteiger partial charge in [0.15, 0.2) is 0 Å². The van der Waals surface area contributed by atoms with Crippen LogP contribution in [0, 0.1) is 5.92 Å². The summed E-state index contributed by atoms with van der Waals surface area (Å²) < 4.78 is -0.508. The summed E-state index contributed by atoms with van der Waals surface area (Å²) in [6.07, 6.45) is 0.712. The average molecular weight is 500 g/mol. The molecule has 1 fully saturated rings. The zero-order valence-electron chi connectivity index (χ0n) is 19.8. The van der Waals surface area contributed by atoms with Crippen LogP contribution in [0.3, 0.4) is 0 Å². The molecule has 2 aliphatic heterocycles. The molecule has 2 aromatic carbocycles. The predicted octanol–water partition coefficient (Wildman–Crippen LogP) is 4.54. The molecule has 2 aliphatic rings. The van der Waals surface area contributed by atoms with E-state index >= 15 is 0 Å². The van der Waals surface area contributed by atoms with Crippen LogP contribution >= 0.6 is 23.4 Å². The van der Waals surface area contributed by atoms with E-state index in [2.05, 4.69) is 10.6 Å². The van der Waals surface area contributed by atoms with E-state index < -0.39 is 16.8 Å². The van der Waals surface area contributed by atoms with E-state index in [9.17, 15) is 14.4 Å². The molecule has 8 heteroatoms. The number of rotatable bonds is 7. The van der Waals surface area contributed by atoms with Crippen LogP contribution < -0.4 is 10.6 Å². The van der Waals surface area contributed by atoms with Gasteiger partial charge in [0.25, 0.3) is 5.91 Å². The first-order valence-corrected chi connectivity index (χ1v) is 12.8. The number of fused-ring (bicyclic) bond motifs is 3. The van der Waals surface area contributed by atoms with Crippen molar-refractivity contribution >= 4 is 41.1 Å². The van der Waals surface area contributed by atoms with Gasteiger partial charge in [-0.15, -0.1) is 11.8 Å². The molecule has 34 heavy (non-hydrogen) atoms. The average Bonchev–Trinajstić information content (AvgIpc) is 3.25. The topological polar surface area (TPSA) is 78.5 Å². The summed E-state index contributed by atoms with van der Waals surface area (Å²) in [6.45, 7) is 8.15. The normalized spacial score (nSPS) is 22.0. The summed E-state index contributed by atoms with van der Waals surface area (Å²) in [7, 11) is 0. The highest BCUT2D eigenvalue weighted by molar-refractivity contribution is 8.01. The van der Waals surface area contributed by atoms with Gasteiger partial charge in [-0.05, 0) is 43.0 Å². The molecule has 180 valence electrons. The van der Waals surface area contributed by atoms with E-state index in [0.29, 0.717) is 17.0 Å². The van der Waals surface area contributed by atoms with E-state index in [-0.39, 0.29) is 35.6 Å². The first-order valence-electron chi connectivity index (χ1n) is 11.6. The SMILES string of the molecule is CC[C@@H](C)[C@H](NC(=O)[C@H]1N2C(=O)c3ccccc3[C@H]2SC1(C)C)C(=O)NCc1ccccc1Cl. The van der Waals surface area contributed by atoms with Crippen molar-refractivity contribution in [2.24, 2.45) is 5.92 Å². The lowest BCUT2D eigenvalue weighted by molar-refractivity contribution is -0.133. The van der Waals surface area contributed by atoms with Crippen LogP contribution in [0.15, 0.2) is 48.5 Å². The molecule has 0 unspecified atom stereocenters. The smallest absolute Gasteiger partial charge is 0.256 e. The maximum absolute atomic E-state index is 13.6. The summed E-state index contributed by atoms with van der Waals surface area (Å²) in [5.41, 5.74) is 2.39. The van der Waals surface area contributed by atoms with E-state index in [1.165, 1.54) is 0 Å². The van der Waals surface area contributed by atoms with E-state index in [1.54, 1.807) is 22.7 Å². The summed E-state index contributed by atoms with van der Waals surface area (Å²) >= 11 is 7.83. The van der Waals surface area contributed by atoms with Crippen LogP contribution in [0.2, 0.25) is 5.02 Å². The van der Waals surface area contributed by atoms with Crippen molar-refractivity contribution in [1.82, 2.24) is 15.5 Å². The number of hydrogen-bond donors (Lipinski definition) is 2. The molecule has 3 amide bonds. The monoisotopic (exact) mass is 499 g/mol. The Balaban J connectivity index is 1.53. The molecule has 0 aliphatic carbocycles. The number of benzene rings is 2. The lowest BCUT2D eigenvalue weighted by atomic mass is 9.95. The van der Waals surface area contributed by atoms with Crippen molar-refractivity contribution in [3.8, 4) is 0 Å². The van der Waals surface area contributed by atoms with Crippen LogP contribution in [0.4, 0.5) is 0 Å². The molecule has 4 rings (SSSR count). The second kappa shape index (κ2) is 9.62. The Morgan fingerprint density at radius 2 is 1.82 bits per heavy atom. The largest absolute Gasteiger partial charge is 0.350 e. The molecule has 2 heterocycles. The summed E-state index contributed by atoms with van der Waals surface area (Å²) in [5.74, 6) is -0.797. The fraction of sp³-hybridized carbons (Fsp3) is 0.423. The van der Waals surface area contributed by atoms with Crippen molar-refractivity contribution in [2.45, 2.75) is 62.9 Å². The van der Waals surface area contributed by atoms with Gasteiger partial charge >= 0.3 is 0 Å². The Morgan fingerprint density at radius 3 is 2.53 bits per heavy atom. The first kappa shape index (κ1) is 24.6. The van der Waals surface area contributed by atoms with Crippen LogP contribution in [0.25, 0.3) is 0 Å². The minimum Gasteiger partial charge on any atom is -0.350 e. The fourth-order valence-electron chi connectivity index (χ4n) is 4.67. The maximum Gasteiger partial charge on any atom is 0.256 e. The zero-order chi connectivity index (χ0) is 24.6. The molecular formula is C26H30ClN3O3S. The highest BCUT2D eigenvalue weighted by Crippen LogP contribution is 2.56. The Morgan fingerprint density at radius 1 is 1.15 bits per heavy atom. The highest BCUT2D eigenvalue weighted by Gasteiger charge is 2.57. The van der Waals surface area contributed by atoms with Gasteiger partial charge < -0.3 is 15.5 Å². The highest BCUT2D eigenvalue weighted by atomic mass is 35.5. The Labute approximate surface area is 209 Å². The first-order chi connectivity index (χ1) is 16.2. The van der Waals surface area contributed by atoms with Gasteiger partial charge in [-0.25, -0.2) is 0 Å². The zero-order valence-corrected chi connectivity index (χ0v) is 21.4. The second-order valence-electron chi connectivity index (χ2n) is 9.46. The van der Waals surface area contributed by atoms with Gasteiger partial charge in [-0.2, -0.15) is 0 Å². The van der Waals surface area contributed by atoms with E-state index in [0.717, 1.165) is 11.1 Å². The van der Waals surface area contributed by atoms with Crippen molar-refractivity contribution in [1.29, 1.82) is 0 Å². The van der Waals surface area contributed by atoms with Gasteiger partial charge in [0.05, 0.1) is 0 Å². The molecule has 0 bridgehead atoms. The maximum atomic E-state index is 13.6. The number of carbonyl (C=O) groups excluding carboxylic acids is 3. The van der Waals surface area contributed by atoms with Crippen molar-refractivity contribution in [3.63, 3.8) is 0 Å². The molecule has 4 atom stereocenters. The molecule has 0 spiro atoms. The third-order valence-corrected chi connectivity index (χ3v) is 8.65. The number of carbonyl (C=O) groups is 3. The number of nitrogens with one attached hydrogen (secondary N) is 2. The number of hydrogen-bond acceptors (Lipinski definition) is 4. The van der Waals surface area contributed by atoms with Crippen LogP contribution in [-0.4, -0.2) is 39.5 Å². The lowest BCUT2D eigenvalue weighted by Gasteiger charge is -2.32. The van der Waals surface area contributed by atoms with Crippen LogP contribution in [-0.2, 0) is 16.1 Å². The quantitative estimate of drug-likeness (QED) is 0.586. The molecular weight excluding hydrogens is 470 g/mol. The van der Waals surface area contributed by atoms with Crippen molar-refractivity contribution in [3.05, 3.63) is 70.2 Å². The molecule has 0 saturated carbocycles.